The van der Waals surface area contributed by atoms with Crippen LogP contribution in [0.15, 0.2) is 0 Å². The zero-order valence-corrected chi connectivity index (χ0v) is 14.6. The first-order valence-electron chi connectivity index (χ1n) is 9.28. The van der Waals surface area contributed by atoms with Gasteiger partial charge >= 0.3 is 11.9 Å². The summed E-state index contributed by atoms with van der Waals surface area (Å²) in [5.74, 6) is -1.39. The van der Waals surface area contributed by atoms with Crippen LogP contribution in [0.3, 0.4) is 0 Å². The zero-order valence-electron chi connectivity index (χ0n) is 14.6. The van der Waals surface area contributed by atoms with Crippen molar-refractivity contribution in [1.29, 1.82) is 0 Å². The van der Waals surface area contributed by atoms with Gasteiger partial charge in [0, 0.05) is 6.42 Å². The van der Waals surface area contributed by atoms with E-state index < -0.39 is 12.1 Å². The Hall–Kier alpha value is -1.10. The zero-order chi connectivity index (χ0) is 16.9. The summed E-state index contributed by atoms with van der Waals surface area (Å²) in [5, 5.41) is 9.18. The molecular weight excluding hydrogens is 294 g/mol. The third-order valence-electron chi connectivity index (χ3n) is 4.42. The Morgan fingerprint density at radius 3 is 2.35 bits per heavy atom. The second-order valence-electron chi connectivity index (χ2n) is 6.53. The van der Waals surface area contributed by atoms with E-state index >= 15 is 0 Å². The van der Waals surface area contributed by atoms with E-state index in [2.05, 4.69) is 11.8 Å². The number of carbonyl (C=O) groups excluding carboxylic acids is 1. The topological polar surface area (TPSA) is 66.8 Å². The van der Waals surface area contributed by atoms with Gasteiger partial charge in [-0.15, -0.1) is 0 Å². The summed E-state index contributed by atoms with van der Waals surface area (Å²) < 4.78 is 5.15. The number of aliphatic carboxylic acids is 1. The molecule has 1 saturated heterocycles. The van der Waals surface area contributed by atoms with Gasteiger partial charge in [-0.05, 0) is 51.7 Å². The lowest BCUT2D eigenvalue weighted by atomic mass is 10.1. The molecule has 0 aromatic rings. The van der Waals surface area contributed by atoms with Crippen molar-refractivity contribution in [2.24, 2.45) is 0 Å². The standard InChI is InChI=1S/C18H33NO4/c1-2-3-4-5-6-7-11-16(18(21)22)23-17(20)12-10-15-19-13-8-9-14-19/h16H,2-15H2,1H3,(H,21,22). The van der Waals surface area contributed by atoms with E-state index in [1.165, 1.54) is 32.1 Å². The van der Waals surface area contributed by atoms with Crippen molar-refractivity contribution in [3.63, 3.8) is 0 Å². The number of carboxylic acid groups (broad SMARTS) is 1. The summed E-state index contributed by atoms with van der Waals surface area (Å²) in [7, 11) is 0. The summed E-state index contributed by atoms with van der Waals surface area (Å²) in [6, 6.07) is 0. The summed E-state index contributed by atoms with van der Waals surface area (Å²) >= 11 is 0. The van der Waals surface area contributed by atoms with Gasteiger partial charge in [0.1, 0.15) is 0 Å². The Morgan fingerprint density at radius 2 is 1.70 bits per heavy atom. The SMILES string of the molecule is CCCCCCCCC(OC(=O)CCCN1CCCC1)C(=O)O. The Balaban J connectivity index is 2.12. The Bertz CT molecular complexity index is 340. The van der Waals surface area contributed by atoms with E-state index in [0.717, 1.165) is 45.3 Å². The molecule has 0 radical (unpaired) electrons. The first-order chi connectivity index (χ1) is 11.1. The van der Waals surface area contributed by atoms with Gasteiger partial charge in [-0.1, -0.05) is 39.0 Å². The fourth-order valence-electron chi connectivity index (χ4n) is 3.01. The van der Waals surface area contributed by atoms with Crippen molar-refractivity contribution in [3.8, 4) is 0 Å². The molecule has 0 spiro atoms. The number of hydrogen-bond donors (Lipinski definition) is 1. The number of nitrogens with zero attached hydrogens (tertiary/aromatic N) is 1. The molecule has 0 amide bonds. The maximum absolute atomic E-state index is 11.8. The van der Waals surface area contributed by atoms with Gasteiger partial charge in [0.2, 0.25) is 0 Å². The first-order valence-corrected chi connectivity index (χ1v) is 9.28. The number of likely N-dealkylation sites (tertiary alicyclic amines) is 1. The fourth-order valence-corrected chi connectivity index (χ4v) is 3.01. The van der Waals surface area contributed by atoms with Crippen molar-refractivity contribution in [2.75, 3.05) is 19.6 Å². The molecule has 134 valence electrons. The largest absolute Gasteiger partial charge is 0.479 e. The van der Waals surface area contributed by atoms with E-state index in [-0.39, 0.29) is 5.97 Å². The predicted octanol–water partition coefficient (Wildman–Crippen LogP) is 3.61. The maximum atomic E-state index is 11.8. The molecule has 23 heavy (non-hydrogen) atoms. The molecule has 0 aromatic heterocycles. The van der Waals surface area contributed by atoms with Crippen LogP contribution in [0, 0.1) is 0 Å². The van der Waals surface area contributed by atoms with Crippen LogP contribution in [0.4, 0.5) is 0 Å². The second-order valence-corrected chi connectivity index (χ2v) is 6.53. The molecule has 1 fully saturated rings. The van der Waals surface area contributed by atoms with Gasteiger partial charge in [-0.3, -0.25) is 4.79 Å². The van der Waals surface area contributed by atoms with Crippen LogP contribution in [-0.4, -0.2) is 47.7 Å². The third-order valence-corrected chi connectivity index (χ3v) is 4.42. The number of unbranched alkanes of at least 4 members (excludes halogenated alkanes) is 5. The summed E-state index contributed by atoms with van der Waals surface area (Å²) in [6.45, 7) is 5.31. The highest BCUT2D eigenvalue weighted by molar-refractivity contribution is 5.77. The summed E-state index contributed by atoms with van der Waals surface area (Å²) in [6.07, 6.45) is 9.58. The van der Waals surface area contributed by atoms with Gasteiger partial charge in [0.15, 0.2) is 6.10 Å². The molecule has 1 aliphatic heterocycles. The number of ether oxygens (including phenoxy) is 1. The minimum Gasteiger partial charge on any atom is -0.479 e. The van der Waals surface area contributed by atoms with Gasteiger partial charge in [-0.25, -0.2) is 4.79 Å². The number of carboxylic acids is 1. The number of hydrogen-bond acceptors (Lipinski definition) is 4. The van der Waals surface area contributed by atoms with Gasteiger partial charge in [-0.2, -0.15) is 0 Å². The molecule has 1 rings (SSSR count). The highest BCUT2D eigenvalue weighted by atomic mass is 16.6. The predicted molar refractivity (Wildman–Crippen MR) is 90.4 cm³/mol. The molecule has 0 aliphatic carbocycles. The summed E-state index contributed by atoms with van der Waals surface area (Å²) in [5.41, 5.74) is 0. The van der Waals surface area contributed by atoms with Gasteiger partial charge in [0.25, 0.3) is 0 Å². The lowest BCUT2D eigenvalue weighted by Gasteiger charge is -2.16. The van der Waals surface area contributed by atoms with E-state index in [9.17, 15) is 14.7 Å². The Kier molecular flexibility index (Phi) is 10.7. The van der Waals surface area contributed by atoms with Gasteiger partial charge < -0.3 is 14.7 Å². The third kappa shape index (κ3) is 9.59. The molecule has 5 nitrogen and oxygen atoms in total. The fraction of sp³-hybridized carbons (Fsp3) is 0.889. The van der Waals surface area contributed by atoms with E-state index in [1.807, 2.05) is 0 Å². The lowest BCUT2D eigenvalue weighted by molar-refractivity contribution is -0.164. The molecule has 1 heterocycles. The minimum absolute atomic E-state index is 0.316. The van der Waals surface area contributed by atoms with Crippen LogP contribution in [0.25, 0.3) is 0 Å². The smallest absolute Gasteiger partial charge is 0.345 e. The molecule has 0 saturated carbocycles. The van der Waals surface area contributed by atoms with Crippen LogP contribution in [0.2, 0.25) is 0 Å². The molecule has 0 bridgehead atoms. The molecule has 5 heteroatoms. The average molecular weight is 327 g/mol. The number of rotatable bonds is 13. The maximum Gasteiger partial charge on any atom is 0.345 e. The molecule has 0 aromatic carbocycles. The molecule has 1 aliphatic rings. The van der Waals surface area contributed by atoms with E-state index in [1.54, 1.807) is 0 Å². The van der Waals surface area contributed by atoms with Crippen molar-refractivity contribution in [3.05, 3.63) is 0 Å². The highest BCUT2D eigenvalue weighted by Gasteiger charge is 2.21. The van der Waals surface area contributed by atoms with Crippen LogP contribution in [0.5, 0.6) is 0 Å². The Labute approximate surface area is 140 Å². The Morgan fingerprint density at radius 1 is 1.04 bits per heavy atom. The van der Waals surface area contributed by atoms with Crippen LogP contribution < -0.4 is 0 Å². The second kappa shape index (κ2) is 12.3. The van der Waals surface area contributed by atoms with Crippen LogP contribution in [0.1, 0.15) is 77.6 Å². The molecule has 1 unspecified atom stereocenters. The molecular formula is C18H33NO4. The van der Waals surface area contributed by atoms with Crippen molar-refractivity contribution < 1.29 is 19.4 Å². The van der Waals surface area contributed by atoms with Gasteiger partial charge in [0.05, 0.1) is 0 Å². The average Bonchev–Trinajstić information content (AvgIpc) is 3.02. The van der Waals surface area contributed by atoms with Crippen LogP contribution in [-0.2, 0) is 14.3 Å². The van der Waals surface area contributed by atoms with Crippen molar-refractivity contribution >= 4 is 11.9 Å². The van der Waals surface area contributed by atoms with Crippen LogP contribution >= 0.6 is 0 Å². The lowest BCUT2D eigenvalue weighted by Crippen LogP contribution is -2.27. The first kappa shape index (κ1) is 19.9. The van der Waals surface area contributed by atoms with E-state index in [0.29, 0.717) is 12.8 Å². The normalized spacial score (nSPS) is 16.4. The van der Waals surface area contributed by atoms with E-state index in [4.69, 9.17) is 4.74 Å². The number of esters is 1. The molecule has 1 atom stereocenters. The van der Waals surface area contributed by atoms with Crippen molar-refractivity contribution in [2.45, 2.75) is 83.7 Å². The highest BCUT2D eigenvalue weighted by Crippen LogP contribution is 2.13. The number of carbonyl (C=O) groups is 2. The quantitative estimate of drug-likeness (QED) is 0.413. The van der Waals surface area contributed by atoms with Crippen molar-refractivity contribution in [1.82, 2.24) is 4.90 Å². The summed E-state index contributed by atoms with van der Waals surface area (Å²) in [4.78, 5) is 25.3. The minimum atomic E-state index is -1.02. The molecule has 1 N–H and O–H groups in total. The monoisotopic (exact) mass is 327 g/mol.